The lowest BCUT2D eigenvalue weighted by Crippen LogP contribution is -2.47. The minimum absolute atomic E-state index is 0.0325. The number of hydrogen-bond acceptors (Lipinski definition) is 5. The first-order valence-electron chi connectivity index (χ1n) is 6.35. The van der Waals surface area contributed by atoms with Crippen molar-refractivity contribution in [2.75, 3.05) is 39.0 Å². The number of piperazine rings is 1. The number of carbonyl (C=O) groups is 2. The summed E-state index contributed by atoms with van der Waals surface area (Å²) in [6.45, 7) is 3.20. The molecular weight excluding hydrogens is 278 g/mol. The summed E-state index contributed by atoms with van der Waals surface area (Å²) in [5.41, 5.74) is 0.142. The second-order valence-electron chi connectivity index (χ2n) is 4.63. The van der Waals surface area contributed by atoms with E-state index in [4.69, 9.17) is 5.11 Å². The van der Waals surface area contributed by atoms with E-state index in [1.54, 1.807) is 6.07 Å². The molecule has 20 heavy (non-hydrogen) atoms. The molecule has 1 aromatic rings. The van der Waals surface area contributed by atoms with Crippen molar-refractivity contribution in [1.29, 1.82) is 0 Å². The molecule has 0 aliphatic carbocycles. The molecule has 1 aliphatic rings. The predicted molar refractivity (Wildman–Crippen MR) is 76.0 cm³/mol. The fourth-order valence-electron chi connectivity index (χ4n) is 1.95. The summed E-state index contributed by atoms with van der Waals surface area (Å²) in [4.78, 5) is 31.1. The molecule has 7 heteroatoms. The number of nitrogens with zero attached hydrogens (tertiary/aromatic N) is 3. The maximum atomic E-state index is 12.1. The van der Waals surface area contributed by atoms with Crippen LogP contribution in [0.2, 0.25) is 0 Å². The van der Waals surface area contributed by atoms with E-state index in [9.17, 15) is 9.59 Å². The van der Waals surface area contributed by atoms with Gasteiger partial charge >= 0.3 is 5.97 Å². The molecule has 1 aromatic heterocycles. The molecule has 2 heterocycles. The topological polar surface area (TPSA) is 73.7 Å². The molecule has 1 saturated heterocycles. The lowest BCUT2D eigenvalue weighted by Gasteiger charge is -2.32. The molecule has 0 bridgehead atoms. The van der Waals surface area contributed by atoms with E-state index in [2.05, 4.69) is 9.88 Å². The molecule has 0 radical (unpaired) electrons. The predicted octanol–water partition coefficient (Wildman–Crippen LogP) is 0.646. The van der Waals surface area contributed by atoms with E-state index in [0.29, 0.717) is 5.03 Å². The quantitative estimate of drug-likeness (QED) is 0.822. The van der Waals surface area contributed by atoms with Gasteiger partial charge in [-0.1, -0.05) is 11.8 Å². The summed E-state index contributed by atoms with van der Waals surface area (Å²) >= 11 is 1.18. The Morgan fingerprint density at radius 2 is 2.05 bits per heavy atom. The van der Waals surface area contributed by atoms with Crippen molar-refractivity contribution >= 4 is 23.6 Å². The zero-order valence-electron chi connectivity index (χ0n) is 11.3. The van der Waals surface area contributed by atoms with Crippen molar-refractivity contribution < 1.29 is 14.7 Å². The summed E-state index contributed by atoms with van der Waals surface area (Å²) in [7, 11) is 2.03. The number of pyridine rings is 1. The maximum Gasteiger partial charge on any atom is 0.338 e. The average Bonchev–Trinajstić information content (AvgIpc) is 2.45. The van der Waals surface area contributed by atoms with Gasteiger partial charge < -0.3 is 14.9 Å². The van der Waals surface area contributed by atoms with Crippen LogP contribution < -0.4 is 0 Å². The van der Waals surface area contributed by atoms with Crippen LogP contribution in [0, 0.1) is 0 Å². The summed E-state index contributed by atoms with van der Waals surface area (Å²) < 4.78 is 0. The fourth-order valence-corrected chi connectivity index (χ4v) is 2.83. The fraction of sp³-hybridized carbons (Fsp3) is 0.462. The van der Waals surface area contributed by atoms with Crippen LogP contribution in [-0.4, -0.2) is 70.7 Å². The van der Waals surface area contributed by atoms with E-state index in [0.717, 1.165) is 26.2 Å². The monoisotopic (exact) mass is 295 g/mol. The summed E-state index contributed by atoms with van der Waals surface area (Å²) in [5, 5.41) is 9.45. The van der Waals surface area contributed by atoms with Crippen LogP contribution in [0.3, 0.4) is 0 Å². The van der Waals surface area contributed by atoms with Crippen LogP contribution in [0.15, 0.2) is 23.4 Å². The van der Waals surface area contributed by atoms with Crippen LogP contribution >= 0.6 is 11.8 Å². The number of aromatic carboxylic acids is 1. The average molecular weight is 295 g/mol. The molecule has 2 rings (SSSR count). The van der Waals surface area contributed by atoms with Crippen molar-refractivity contribution in [3.63, 3.8) is 0 Å². The van der Waals surface area contributed by atoms with Gasteiger partial charge in [-0.3, -0.25) is 4.79 Å². The minimum Gasteiger partial charge on any atom is -0.478 e. The molecular formula is C13H17N3O3S. The molecule has 0 aromatic carbocycles. The second-order valence-corrected chi connectivity index (χ2v) is 5.60. The number of hydrogen-bond donors (Lipinski definition) is 1. The highest BCUT2D eigenvalue weighted by molar-refractivity contribution is 8.00. The first-order valence-corrected chi connectivity index (χ1v) is 7.34. The van der Waals surface area contributed by atoms with Crippen molar-refractivity contribution in [3.05, 3.63) is 23.9 Å². The van der Waals surface area contributed by atoms with Crippen molar-refractivity contribution in [2.24, 2.45) is 0 Å². The molecule has 0 saturated carbocycles. The Morgan fingerprint density at radius 1 is 1.35 bits per heavy atom. The van der Waals surface area contributed by atoms with Gasteiger partial charge in [0.25, 0.3) is 0 Å². The molecule has 0 spiro atoms. The van der Waals surface area contributed by atoms with Gasteiger partial charge in [-0.05, 0) is 19.2 Å². The van der Waals surface area contributed by atoms with Gasteiger partial charge in [0.15, 0.2) is 0 Å². The molecule has 0 atom stereocenters. The smallest absolute Gasteiger partial charge is 0.338 e. The Morgan fingerprint density at radius 3 is 2.70 bits per heavy atom. The van der Waals surface area contributed by atoms with Crippen LogP contribution in [0.4, 0.5) is 0 Å². The molecule has 108 valence electrons. The van der Waals surface area contributed by atoms with Gasteiger partial charge in [0.05, 0.1) is 11.3 Å². The van der Waals surface area contributed by atoms with E-state index >= 15 is 0 Å². The van der Waals surface area contributed by atoms with E-state index in [-0.39, 0.29) is 17.2 Å². The highest BCUT2D eigenvalue weighted by atomic mass is 32.2. The van der Waals surface area contributed by atoms with E-state index < -0.39 is 5.97 Å². The summed E-state index contributed by atoms with van der Waals surface area (Å²) in [5.74, 6) is -0.765. The number of likely N-dealkylation sites (N-methyl/N-ethyl adjacent to an activating group) is 1. The Kier molecular flexibility index (Phi) is 4.97. The summed E-state index contributed by atoms with van der Waals surface area (Å²) in [6.07, 6.45) is 1.54. The Bertz CT molecular complexity index is 501. The van der Waals surface area contributed by atoms with Gasteiger partial charge in [0.2, 0.25) is 5.91 Å². The van der Waals surface area contributed by atoms with Crippen LogP contribution in [0.1, 0.15) is 10.4 Å². The third-order valence-corrected chi connectivity index (χ3v) is 4.18. The van der Waals surface area contributed by atoms with Crippen molar-refractivity contribution in [3.8, 4) is 0 Å². The highest BCUT2D eigenvalue weighted by Crippen LogP contribution is 2.20. The third kappa shape index (κ3) is 3.71. The lowest BCUT2D eigenvalue weighted by atomic mass is 10.3. The highest BCUT2D eigenvalue weighted by Gasteiger charge is 2.20. The Hall–Kier alpha value is -1.60. The Balaban J connectivity index is 1.92. The van der Waals surface area contributed by atoms with Crippen molar-refractivity contribution in [1.82, 2.24) is 14.8 Å². The number of thioether (sulfide) groups is 1. The molecule has 1 N–H and O–H groups in total. The van der Waals surface area contributed by atoms with Crippen molar-refractivity contribution in [2.45, 2.75) is 5.03 Å². The number of amides is 1. The van der Waals surface area contributed by atoms with Gasteiger partial charge in [0.1, 0.15) is 5.03 Å². The van der Waals surface area contributed by atoms with Crippen LogP contribution in [0.25, 0.3) is 0 Å². The van der Waals surface area contributed by atoms with E-state index in [1.807, 2.05) is 11.9 Å². The van der Waals surface area contributed by atoms with Gasteiger partial charge in [-0.25, -0.2) is 9.78 Å². The molecule has 6 nitrogen and oxygen atoms in total. The lowest BCUT2D eigenvalue weighted by molar-refractivity contribution is -0.129. The first kappa shape index (κ1) is 14.8. The van der Waals surface area contributed by atoms with Gasteiger partial charge in [-0.2, -0.15) is 0 Å². The Labute approximate surface area is 121 Å². The molecule has 1 aliphatic heterocycles. The molecule has 1 fully saturated rings. The largest absolute Gasteiger partial charge is 0.478 e. The first-order chi connectivity index (χ1) is 9.58. The maximum absolute atomic E-state index is 12.1. The number of carboxylic acids is 1. The standard InChI is InChI=1S/C13H17N3O3S/c1-15-5-7-16(8-6-15)11(17)9-20-12-10(13(18)19)3-2-4-14-12/h2-4H,5-9H2,1H3,(H,18,19). The normalized spacial score (nSPS) is 16.1. The van der Waals surface area contributed by atoms with Crippen LogP contribution in [0.5, 0.6) is 0 Å². The van der Waals surface area contributed by atoms with Crippen LogP contribution in [-0.2, 0) is 4.79 Å². The minimum atomic E-state index is -1.02. The number of carbonyl (C=O) groups excluding carboxylic acids is 1. The van der Waals surface area contributed by atoms with E-state index in [1.165, 1.54) is 24.0 Å². The zero-order chi connectivity index (χ0) is 14.5. The molecule has 0 unspecified atom stereocenters. The van der Waals surface area contributed by atoms with Gasteiger partial charge in [-0.15, -0.1) is 0 Å². The number of rotatable bonds is 4. The third-order valence-electron chi connectivity index (χ3n) is 3.19. The summed E-state index contributed by atoms with van der Waals surface area (Å²) in [6, 6.07) is 3.08. The second kappa shape index (κ2) is 6.71. The van der Waals surface area contributed by atoms with Gasteiger partial charge in [0, 0.05) is 32.4 Å². The molecule has 1 amide bonds. The zero-order valence-corrected chi connectivity index (χ0v) is 12.1. The number of carboxylic acid groups (broad SMARTS) is 1. The SMILES string of the molecule is CN1CCN(C(=O)CSc2ncccc2C(=O)O)CC1. The number of aromatic nitrogens is 1.